The fourth-order valence-corrected chi connectivity index (χ4v) is 7.06. The lowest BCUT2D eigenvalue weighted by molar-refractivity contribution is -0.147. The van der Waals surface area contributed by atoms with Crippen molar-refractivity contribution in [3.05, 3.63) is 100 Å². The van der Waals surface area contributed by atoms with Gasteiger partial charge in [0.15, 0.2) is 0 Å². The minimum Gasteiger partial charge on any atom is -0.467 e. The van der Waals surface area contributed by atoms with E-state index in [4.69, 9.17) is 16.3 Å². The Morgan fingerprint density at radius 1 is 0.922 bits per heavy atom. The van der Waals surface area contributed by atoms with E-state index in [0.29, 0.717) is 30.1 Å². The van der Waals surface area contributed by atoms with Gasteiger partial charge in [-0.2, -0.15) is 0 Å². The third-order valence-corrected chi connectivity index (χ3v) is 9.99. The number of nitrogens with zero attached hydrogens (tertiary/aromatic N) is 2. The third-order valence-electron chi connectivity index (χ3n) is 8.61. The predicted octanol–water partition coefficient (Wildman–Crippen LogP) is 5.57. The van der Waals surface area contributed by atoms with Gasteiger partial charge in [-0.15, -0.1) is 11.3 Å². The van der Waals surface area contributed by atoms with Gasteiger partial charge in [-0.1, -0.05) is 81.8 Å². The lowest BCUT2D eigenvalue weighted by atomic mass is 9.98. The number of fused-ring (bicyclic) bond motifs is 1. The highest BCUT2D eigenvalue weighted by molar-refractivity contribution is 7.17. The number of halogens is 1. The molecular weight excluding hydrogens is 686 g/mol. The molecule has 2 heterocycles. The van der Waals surface area contributed by atoms with Crippen molar-refractivity contribution in [1.82, 2.24) is 25.8 Å². The molecule has 0 spiro atoms. The number of ether oxygens (including phenoxy) is 1. The van der Waals surface area contributed by atoms with Gasteiger partial charge < -0.3 is 25.6 Å². The molecule has 51 heavy (non-hydrogen) atoms. The van der Waals surface area contributed by atoms with Gasteiger partial charge in [-0.3, -0.25) is 19.4 Å². The molecule has 12 heteroatoms. The molecule has 4 aromatic rings. The number of carbonyl (C=O) groups is 4. The van der Waals surface area contributed by atoms with Crippen molar-refractivity contribution in [2.24, 2.45) is 11.8 Å². The van der Waals surface area contributed by atoms with Crippen molar-refractivity contribution in [1.29, 1.82) is 0 Å². The van der Waals surface area contributed by atoms with Crippen LogP contribution in [-0.2, 0) is 43.3 Å². The SMILES string of the molecule is COC(=O)[C@H](NC(=O)[C@@H](Cc1csc2ccccc12)NC(=O)[C@H](CC(C)C)N(CCNCc1cccnc1)C(=O)Cc1ccccc1Cl)C(C)C. The molecule has 3 atom stereocenters. The van der Waals surface area contributed by atoms with Crippen LogP contribution in [0.2, 0.25) is 5.02 Å². The van der Waals surface area contributed by atoms with E-state index in [2.05, 4.69) is 20.9 Å². The molecule has 0 aliphatic rings. The summed E-state index contributed by atoms with van der Waals surface area (Å²) in [5, 5.41) is 12.6. The van der Waals surface area contributed by atoms with Crippen LogP contribution in [0.1, 0.15) is 50.8 Å². The molecule has 4 rings (SSSR count). The molecular formula is C39H48ClN5O5S. The van der Waals surface area contributed by atoms with E-state index < -0.39 is 35.9 Å². The molecule has 0 aliphatic carbocycles. The van der Waals surface area contributed by atoms with Gasteiger partial charge in [0.2, 0.25) is 17.7 Å². The van der Waals surface area contributed by atoms with E-state index in [1.165, 1.54) is 7.11 Å². The van der Waals surface area contributed by atoms with Crippen LogP contribution in [0, 0.1) is 11.8 Å². The monoisotopic (exact) mass is 733 g/mol. The minimum atomic E-state index is -1.04. The number of carbonyl (C=O) groups excluding carboxylic acids is 4. The summed E-state index contributed by atoms with van der Waals surface area (Å²) in [5.74, 6) is -2.02. The third kappa shape index (κ3) is 11.3. The van der Waals surface area contributed by atoms with Crippen LogP contribution < -0.4 is 16.0 Å². The number of thiophene rings is 1. The van der Waals surface area contributed by atoms with E-state index in [1.807, 2.05) is 75.5 Å². The van der Waals surface area contributed by atoms with Gasteiger partial charge in [0.1, 0.15) is 18.1 Å². The van der Waals surface area contributed by atoms with Gasteiger partial charge in [0.05, 0.1) is 13.5 Å². The number of esters is 1. The predicted molar refractivity (Wildman–Crippen MR) is 202 cm³/mol. The van der Waals surface area contributed by atoms with Gasteiger partial charge in [-0.05, 0) is 63.9 Å². The number of pyridine rings is 1. The first kappa shape index (κ1) is 39.5. The van der Waals surface area contributed by atoms with Crippen LogP contribution in [0.15, 0.2) is 78.4 Å². The number of methoxy groups -OCH3 is 1. The molecule has 0 saturated heterocycles. The smallest absolute Gasteiger partial charge is 0.328 e. The Balaban J connectivity index is 1.64. The molecule has 3 amide bonds. The Bertz CT molecular complexity index is 1760. The van der Waals surface area contributed by atoms with Gasteiger partial charge in [0.25, 0.3) is 0 Å². The van der Waals surface area contributed by atoms with Crippen LogP contribution in [0.5, 0.6) is 0 Å². The highest BCUT2D eigenvalue weighted by Crippen LogP contribution is 2.27. The Morgan fingerprint density at radius 2 is 1.67 bits per heavy atom. The maximum Gasteiger partial charge on any atom is 0.328 e. The van der Waals surface area contributed by atoms with Gasteiger partial charge in [0, 0.05) is 48.2 Å². The lowest BCUT2D eigenvalue weighted by Crippen LogP contribution is -2.58. The zero-order chi connectivity index (χ0) is 36.9. The maximum absolute atomic E-state index is 14.5. The highest BCUT2D eigenvalue weighted by Gasteiger charge is 2.35. The summed E-state index contributed by atoms with van der Waals surface area (Å²) in [6.07, 6.45) is 4.02. The van der Waals surface area contributed by atoms with E-state index in [-0.39, 0.29) is 37.1 Å². The van der Waals surface area contributed by atoms with E-state index in [1.54, 1.807) is 46.8 Å². The fourth-order valence-electron chi connectivity index (χ4n) is 5.88. The summed E-state index contributed by atoms with van der Waals surface area (Å²) in [5.41, 5.74) is 2.54. The molecule has 0 saturated carbocycles. The van der Waals surface area contributed by atoms with E-state index >= 15 is 0 Å². The molecule has 2 aromatic heterocycles. The van der Waals surface area contributed by atoms with Crippen molar-refractivity contribution >= 4 is 56.7 Å². The van der Waals surface area contributed by atoms with E-state index in [0.717, 1.165) is 21.2 Å². The lowest BCUT2D eigenvalue weighted by Gasteiger charge is -2.34. The number of nitrogens with one attached hydrogen (secondary N) is 3. The standard InChI is InChI=1S/C39H48ClN5O5S/c1-25(2)19-33(45(18-17-42-23-27-11-10-16-41-22-27)35(46)21-28-12-6-8-14-31(28)40)38(48)43-32(37(47)44-36(26(3)4)39(49)50-5)20-29-24-51-34-15-9-7-13-30(29)34/h6-16,22,24-26,32-33,36,42H,17-21,23H2,1-5H3,(H,43,48)(H,44,47)/t32-,33+,36-/m1/s1. The zero-order valence-corrected chi connectivity index (χ0v) is 31.4. The van der Waals surface area contributed by atoms with Crippen molar-refractivity contribution < 1.29 is 23.9 Å². The molecule has 0 aliphatic heterocycles. The van der Waals surface area contributed by atoms with Gasteiger partial charge >= 0.3 is 5.97 Å². The van der Waals surface area contributed by atoms with Crippen molar-refractivity contribution in [2.45, 2.75) is 71.6 Å². The Morgan fingerprint density at radius 3 is 2.35 bits per heavy atom. The summed E-state index contributed by atoms with van der Waals surface area (Å²) in [6.45, 7) is 8.78. The quantitative estimate of drug-likeness (QED) is 0.0902. The Hall–Kier alpha value is -4.32. The fraction of sp³-hybridized carbons (Fsp3) is 0.410. The Labute approximate surface area is 309 Å². The largest absolute Gasteiger partial charge is 0.467 e. The highest BCUT2D eigenvalue weighted by atomic mass is 35.5. The average molecular weight is 734 g/mol. The summed E-state index contributed by atoms with van der Waals surface area (Å²) >= 11 is 8.01. The number of hydrogen-bond acceptors (Lipinski definition) is 8. The molecule has 272 valence electrons. The van der Waals surface area contributed by atoms with Crippen LogP contribution in [0.4, 0.5) is 0 Å². The average Bonchev–Trinajstić information content (AvgIpc) is 3.52. The molecule has 3 N–H and O–H groups in total. The first-order valence-corrected chi connectivity index (χ1v) is 18.5. The zero-order valence-electron chi connectivity index (χ0n) is 29.9. The van der Waals surface area contributed by atoms with Gasteiger partial charge in [-0.25, -0.2) is 4.79 Å². The second-order valence-electron chi connectivity index (χ2n) is 13.3. The molecule has 0 bridgehead atoms. The normalized spacial score (nSPS) is 13.1. The molecule has 10 nitrogen and oxygen atoms in total. The van der Waals surface area contributed by atoms with Crippen LogP contribution in [0.25, 0.3) is 10.1 Å². The number of rotatable bonds is 18. The summed E-state index contributed by atoms with van der Waals surface area (Å²) in [7, 11) is 1.27. The van der Waals surface area contributed by atoms with Crippen LogP contribution in [0.3, 0.4) is 0 Å². The van der Waals surface area contributed by atoms with Crippen molar-refractivity contribution in [2.75, 3.05) is 20.2 Å². The topological polar surface area (TPSA) is 130 Å². The van der Waals surface area contributed by atoms with Crippen LogP contribution in [-0.4, -0.2) is 71.9 Å². The number of aromatic nitrogens is 1. The first-order chi connectivity index (χ1) is 24.5. The molecule has 0 radical (unpaired) electrons. The van der Waals surface area contributed by atoms with Crippen molar-refractivity contribution in [3.63, 3.8) is 0 Å². The molecule has 2 aromatic carbocycles. The minimum absolute atomic E-state index is 0.00413. The maximum atomic E-state index is 14.5. The first-order valence-electron chi connectivity index (χ1n) is 17.2. The summed E-state index contributed by atoms with van der Waals surface area (Å²) in [6, 6.07) is 16.0. The van der Waals surface area contributed by atoms with E-state index in [9.17, 15) is 19.2 Å². The molecule has 0 unspecified atom stereocenters. The summed E-state index contributed by atoms with van der Waals surface area (Å²) in [4.78, 5) is 61.0. The Kier molecular flexibility index (Phi) is 15.0. The second-order valence-corrected chi connectivity index (χ2v) is 14.6. The number of amides is 3. The summed E-state index contributed by atoms with van der Waals surface area (Å²) < 4.78 is 6.02. The second kappa shape index (κ2) is 19.3. The van der Waals surface area contributed by atoms with Crippen molar-refractivity contribution in [3.8, 4) is 0 Å². The number of hydrogen-bond donors (Lipinski definition) is 3. The van der Waals surface area contributed by atoms with Crippen LogP contribution >= 0.6 is 22.9 Å². The molecule has 0 fully saturated rings. The number of benzene rings is 2.